The van der Waals surface area contributed by atoms with Crippen molar-refractivity contribution in [3.8, 4) is 22.5 Å². The fraction of sp³-hybridized carbons (Fsp3) is 0.341. The van der Waals surface area contributed by atoms with Gasteiger partial charge in [-0.3, -0.25) is 0 Å². The summed E-state index contributed by atoms with van der Waals surface area (Å²) in [6.45, 7) is 15.6. The molecule has 1 unspecified atom stereocenters. The van der Waals surface area contributed by atoms with Crippen LogP contribution in [0.25, 0.3) is 44.6 Å². The third-order valence-electron chi connectivity index (χ3n) is 8.51. The van der Waals surface area contributed by atoms with Gasteiger partial charge in [0.15, 0.2) is 0 Å². The van der Waals surface area contributed by atoms with Crippen LogP contribution in [0.15, 0.2) is 83.5 Å². The Kier molecular flexibility index (Phi) is 11.7. The SMILES string of the molecule is CC(C)(C)Cc1cc(-c2[c-]cccc2)nc[c]1[Ge]([CH3])([CH3])[CH3].Cc1ccc2c(n1)oc1c(-c3cc(C(C)C(C)C)ccn3)[c-]ccc12.[Ir]. The summed E-state index contributed by atoms with van der Waals surface area (Å²) in [5.74, 6) is 8.38. The van der Waals surface area contributed by atoms with E-state index in [0.29, 0.717) is 23.0 Å². The average molecular weight is 863 g/mol. The number of hydrogen-bond acceptors (Lipinski definition) is 4. The van der Waals surface area contributed by atoms with Crippen LogP contribution in [0, 0.1) is 30.4 Å². The molecule has 6 aromatic rings. The third-order valence-corrected chi connectivity index (χ3v) is 12.8. The molecule has 4 heterocycles. The van der Waals surface area contributed by atoms with E-state index in [1.165, 1.54) is 15.5 Å². The zero-order valence-corrected chi connectivity index (χ0v) is 33.9. The van der Waals surface area contributed by atoms with Gasteiger partial charge in [0, 0.05) is 37.4 Å². The van der Waals surface area contributed by atoms with Gasteiger partial charge >= 0.3 is 132 Å². The largest absolute Gasteiger partial charge is 0.486 e. The summed E-state index contributed by atoms with van der Waals surface area (Å²) in [6, 6.07) is 29.3. The molecular formula is C41H47GeIrN3O-2. The predicted molar refractivity (Wildman–Crippen MR) is 196 cm³/mol. The Balaban J connectivity index is 0.000000212. The van der Waals surface area contributed by atoms with Crippen LogP contribution in [0.4, 0.5) is 0 Å². The van der Waals surface area contributed by atoms with E-state index < -0.39 is 13.3 Å². The van der Waals surface area contributed by atoms with Crippen molar-refractivity contribution in [1.29, 1.82) is 0 Å². The number of rotatable bonds is 6. The first-order chi connectivity index (χ1) is 21.7. The number of aromatic nitrogens is 3. The number of hydrogen-bond donors (Lipinski definition) is 0. The maximum Gasteiger partial charge on any atom is 0.216 e. The van der Waals surface area contributed by atoms with Gasteiger partial charge in [0.05, 0.1) is 5.58 Å². The summed E-state index contributed by atoms with van der Waals surface area (Å²) in [7, 11) is 0. The predicted octanol–water partition coefficient (Wildman–Crippen LogP) is 10.6. The van der Waals surface area contributed by atoms with E-state index in [0.717, 1.165) is 51.0 Å². The Bertz CT molecular complexity index is 1950. The van der Waals surface area contributed by atoms with E-state index >= 15 is 0 Å². The van der Waals surface area contributed by atoms with E-state index in [1.807, 2.05) is 49.5 Å². The van der Waals surface area contributed by atoms with Crippen LogP contribution in [-0.4, -0.2) is 28.2 Å². The molecule has 0 aliphatic heterocycles. The summed E-state index contributed by atoms with van der Waals surface area (Å²) < 4.78 is 7.62. The molecule has 4 nitrogen and oxygen atoms in total. The molecule has 4 aromatic heterocycles. The normalized spacial score (nSPS) is 12.5. The molecule has 0 N–H and O–H groups in total. The van der Waals surface area contributed by atoms with Crippen LogP contribution in [0.1, 0.15) is 64.3 Å². The van der Waals surface area contributed by atoms with Gasteiger partial charge < -0.3 is 9.40 Å². The smallest absolute Gasteiger partial charge is 0.216 e. The van der Waals surface area contributed by atoms with Crippen LogP contribution < -0.4 is 4.40 Å². The molecule has 0 aliphatic carbocycles. The van der Waals surface area contributed by atoms with Gasteiger partial charge in [0.25, 0.3) is 0 Å². The quantitative estimate of drug-likeness (QED) is 0.124. The van der Waals surface area contributed by atoms with E-state index in [2.05, 4.69) is 117 Å². The van der Waals surface area contributed by atoms with Crippen molar-refractivity contribution in [3.63, 3.8) is 0 Å². The van der Waals surface area contributed by atoms with Gasteiger partial charge in [-0.1, -0.05) is 43.4 Å². The minimum absolute atomic E-state index is 0. The molecule has 2 aromatic carbocycles. The first-order valence-electron chi connectivity index (χ1n) is 16.3. The molecule has 0 aliphatic rings. The van der Waals surface area contributed by atoms with Gasteiger partial charge in [-0.2, -0.15) is 0 Å². The summed E-state index contributed by atoms with van der Waals surface area (Å²) in [4.78, 5) is 13.8. The van der Waals surface area contributed by atoms with Crippen LogP contribution in [-0.2, 0) is 26.5 Å². The second-order valence-electron chi connectivity index (χ2n) is 15.0. The van der Waals surface area contributed by atoms with Gasteiger partial charge in [-0.05, 0) is 42.7 Å². The fourth-order valence-corrected chi connectivity index (χ4v) is 9.05. The van der Waals surface area contributed by atoms with Crippen LogP contribution in [0.3, 0.4) is 0 Å². The van der Waals surface area contributed by atoms with Crippen molar-refractivity contribution in [2.45, 2.75) is 78.1 Å². The van der Waals surface area contributed by atoms with Crippen molar-refractivity contribution >= 4 is 39.7 Å². The molecule has 1 atom stereocenters. The monoisotopic (exact) mass is 864 g/mol. The maximum absolute atomic E-state index is 6.08. The first kappa shape index (κ1) is 36.7. The second kappa shape index (κ2) is 15.0. The van der Waals surface area contributed by atoms with Crippen LogP contribution >= 0.6 is 0 Å². The standard InChI is InChI=1S/C22H21N2O.C19H26GeN.Ir/c1-13(2)15(4)16-10-11-23-20(12-16)19-7-5-6-17-18-9-8-14(3)24-22(18)25-21(17)19;1-19(2,3)13-16-12-18(15-10-8-7-9-11-15)21-14-17(16)20(4,5)6;/h5-6,8-13,15H,1-4H3;7-10,12,14H,13H2,1-6H3;/q2*-1;. The van der Waals surface area contributed by atoms with Gasteiger partial charge in [0.1, 0.15) is 0 Å². The van der Waals surface area contributed by atoms with Gasteiger partial charge in [0.2, 0.25) is 5.71 Å². The molecule has 1 radical (unpaired) electrons. The summed E-state index contributed by atoms with van der Waals surface area (Å²) in [5, 5.41) is 2.09. The van der Waals surface area contributed by atoms with E-state index in [9.17, 15) is 0 Å². The number of nitrogens with zero attached hydrogens (tertiary/aromatic N) is 3. The van der Waals surface area contributed by atoms with Gasteiger partial charge in [-0.25, -0.2) is 4.98 Å². The Morgan fingerprint density at radius 2 is 1.62 bits per heavy atom. The van der Waals surface area contributed by atoms with E-state index in [4.69, 9.17) is 9.40 Å². The van der Waals surface area contributed by atoms with E-state index in [1.54, 1.807) is 0 Å². The van der Waals surface area contributed by atoms with Crippen LogP contribution in [0.2, 0.25) is 17.3 Å². The molecular weight excluding hydrogens is 815 g/mol. The Hall–Kier alpha value is -3.12. The zero-order valence-electron chi connectivity index (χ0n) is 29.5. The number of furan rings is 1. The Morgan fingerprint density at radius 3 is 2.28 bits per heavy atom. The third kappa shape index (κ3) is 8.87. The molecule has 0 saturated heterocycles. The zero-order chi connectivity index (χ0) is 33.2. The molecule has 0 bridgehead atoms. The number of fused-ring (bicyclic) bond motifs is 3. The Labute approximate surface area is 297 Å². The molecule has 6 rings (SSSR count). The second-order valence-corrected chi connectivity index (χ2v) is 25.6. The van der Waals surface area contributed by atoms with Crippen molar-refractivity contribution in [1.82, 2.24) is 15.0 Å². The van der Waals surface area contributed by atoms with Crippen molar-refractivity contribution in [2.24, 2.45) is 11.3 Å². The van der Waals surface area contributed by atoms with Crippen molar-refractivity contribution in [2.75, 3.05) is 0 Å². The van der Waals surface area contributed by atoms with E-state index in [-0.39, 0.29) is 20.1 Å². The molecule has 0 amide bonds. The number of pyridine rings is 3. The minimum Gasteiger partial charge on any atom is -0.486 e. The van der Waals surface area contributed by atoms with Crippen molar-refractivity contribution in [3.05, 3.63) is 108 Å². The Morgan fingerprint density at radius 1 is 0.851 bits per heavy atom. The molecule has 0 fully saturated rings. The summed E-state index contributed by atoms with van der Waals surface area (Å²) in [6.07, 6.45) is 5.12. The molecule has 247 valence electrons. The molecule has 0 saturated carbocycles. The fourth-order valence-electron chi connectivity index (χ4n) is 5.75. The summed E-state index contributed by atoms with van der Waals surface area (Å²) >= 11 is -1.90. The number of benzene rings is 2. The average Bonchev–Trinajstić information content (AvgIpc) is 3.38. The van der Waals surface area contributed by atoms with Crippen molar-refractivity contribution < 1.29 is 24.5 Å². The molecule has 0 spiro atoms. The first-order valence-corrected chi connectivity index (χ1v) is 23.7. The molecule has 6 heteroatoms. The van der Waals surface area contributed by atoms with Crippen LogP contribution in [0.5, 0.6) is 0 Å². The molecule has 47 heavy (non-hydrogen) atoms. The summed E-state index contributed by atoms with van der Waals surface area (Å²) in [5.41, 5.74) is 9.40. The van der Waals surface area contributed by atoms with Gasteiger partial charge in [-0.15, -0.1) is 18.2 Å². The maximum atomic E-state index is 6.08. The minimum atomic E-state index is -1.90. The number of aryl methyl sites for hydroxylation is 1. The topological polar surface area (TPSA) is 51.8 Å².